The molecule has 1 aromatic carbocycles. The summed E-state index contributed by atoms with van der Waals surface area (Å²) in [7, 11) is 0. The Balaban J connectivity index is 1.30. The molecule has 2 N–H and O–H groups in total. The highest BCUT2D eigenvalue weighted by Gasteiger charge is 2.37. The fourth-order valence-corrected chi connectivity index (χ4v) is 5.40. The first kappa shape index (κ1) is 25.4. The zero-order chi connectivity index (χ0) is 26.3. The number of aromatic nitrogens is 3. The molecule has 196 valence electrons. The van der Waals surface area contributed by atoms with Crippen LogP contribution in [0.4, 0.5) is 22.0 Å². The summed E-state index contributed by atoms with van der Waals surface area (Å²) < 4.78 is 68.3. The number of nitrogens with zero attached hydrogens (tertiary/aromatic N) is 4. The van der Waals surface area contributed by atoms with Gasteiger partial charge < -0.3 is 4.84 Å². The van der Waals surface area contributed by atoms with Crippen LogP contribution in [0.3, 0.4) is 0 Å². The van der Waals surface area contributed by atoms with Crippen LogP contribution in [-0.2, 0) is 22.4 Å². The zero-order valence-corrected chi connectivity index (χ0v) is 20.2. The van der Waals surface area contributed by atoms with E-state index >= 15 is 0 Å². The molecule has 4 heterocycles. The van der Waals surface area contributed by atoms with E-state index in [4.69, 9.17) is 4.84 Å². The minimum Gasteiger partial charge on any atom is -0.387 e. The molecule has 2 aliphatic heterocycles. The number of halogens is 5. The predicted octanol–water partition coefficient (Wildman–Crippen LogP) is 4.03. The molecule has 3 aromatic rings. The monoisotopic (exact) mass is 540 g/mol. The van der Waals surface area contributed by atoms with Crippen molar-refractivity contribution in [3.63, 3.8) is 0 Å². The molecule has 0 spiro atoms. The summed E-state index contributed by atoms with van der Waals surface area (Å²) >= 11 is 1.30. The van der Waals surface area contributed by atoms with Gasteiger partial charge in [-0.1, -0.05) is 11.2 Å². The number of Topliss-reactive ketones (excluding diaryl/α,β-unsaturated/α-hetero) is 1. The third kappa shape index (κ3) is 5.13. The molecule has 2 aliphatic rings. The molecule has 8 nitrogen and oxygen atoms in total. The maximum absolute atomic E-state index is 14.1. The number of hydrogen-bond donors (Lipinski definition) is 2. The van der Waals surface area contributed by atoms with Crippen LogP contribution in [0.2, 0.25) is 0 Å². The standard InChI is InChI=1S/C23H21F5N6O2S/c1-11-7-19(23(26,27)28)32-34(11)9-17(35)21-12(5-6-29-31-21)22-30-16(10-37-22)15-8-18(36-33-15)20-13(24)3-2-4-14(20)25/h2-4,7,10,12,18,21,29,31H,5-6,8-9H2,1H3. The zero-order valence-electron chi connectivity index (χ0n) is 19.4. The summed E-state index contributed by atoms with van der Waals surface area (Å²) in [6.45, 7) is 1.66. The molecule has 37 heavy (non-hydrogen) atoms. The summed E-state index contributed by atoms with van der Waals surface area (Å²) in [5.74, 6) is -2.16. The third-order valence-electron chi connectivity index (χ3n) is 6.29. The molecular formula is C23H21F5N6O2S. The first-order valence-corrected chi connectivity index (χ1v) is 12.2. The van der Waals surface area contributed by atoms with Crippen LogP contribution < -0.4 is 10.9 Å². The van der Waals surface area contributed by atoms with Gasteiger partial charge in [0, 0.05) is 30.0 Å². The van der Waals surface area contributed by atoms with Gasteiger partial charge in [-0.25, -0.2) is 19.2 Å². The lowest BCUT2D eigenvalue weighted by Crippen LogP contribution is -2.54. The normalized spacial score (nSPS) is 22.1. The van der Waals surface area contributed by atoms with E-state index in [1.807, 2.05) is 0 Å². The van der Waals surface area contributed by atoms with Gasteiger partial charge in [-0.05, 0) is 31.5 Å². The summed E-state index contributed by atoms with van der Waals surface area (Å²) in [5, 5.41) is 9.87. The van der Waals surface area contributed by atoms with Crippen molar-refractivity contribution in [2.75, 3.05) is 6.54 Å². The maximum atomic E-state index is 14.1. The van der Waals surface area contributed by atoms with E-state index in [2.05, 4.69) is 26.1 Å². The first-order chi connectivity index (χ1) is 17.6. The van der Waals surface area contributed by atoms with Crippen molar-refractivity contribution in [3.8, 4) is 0 Å². The highest BCUT2D eigenvalue weighted by molar-refractivity contribution is 7.10. The second-order valence-electron chi connectivity index (χ2n) is 8.78. The van der Waals surface area contributed by atoms with Gasteiger partial charge in [0.25, 0.3) is 0 Å². The Kier molecular flexibility index (Phi) is 6.81. The van der Waals surface area contributed by atoms with Gasteiger partial charge in [0.05, 0.1) is 22.3 Å². The Labute approximate surface area is 211 Å². The highest BCUT2D eigenvalue weighted by Crippen LogP contribution is 2.35. The number of thiazole rings is 1. The van der Waals surface area contributed by atoms with Crippen molar-refractivity contribution in [1.82, 2.24) is 25.6 Å². The molecule has 0 saturated carbocycles. The second kappa shape index (κ2) is 9.91. The largest absolute Gasteiger partial charge is 0.435 e. The number of carbonyl (C=O) groups is 1. The van der Waals surface area contributed by atoms with Gasteiger partial charge in [0.15, 0.2) is 17.6 Å². The van der Waals surface area contributed by atoms with Crippen LogP contribution in [-0.4, -0.2) is 38.8 Å². The average Bonchev–Trinajstić information content (AvgIpc) is 3.59. The molecule has 5 rings (SSSR count). The number of benzene rings is 1. The van der Waals surface area contributed by atoms with Crippen molar-refractivity contribution >= 4 is 22.8 Å². The number of aryl methyl sites for hydroxylation is 1. The van der Waals surface area contributed by atoms with Crippen LogP contribution in [0.1, 0.15) is 52.5 Å². The van der Waals surface area contributed by atoms with E-state index in [1.54, 1.807) is 5.38 Å². The number of nitrogens with one attached hydrogen (secondary N) is 2. The van der Waals surface area contributed by atoms with Crippen LogP contribution >= 0.6 is 11.3 Å². The number of alkyl halides is 3. The predicted molar refractivity (Wildman–Crippen MR) is 123 cm³/mol. The number of oxime groups is 1. The van der Waals surface area contributed by atoms with E-state index in [1.165, 1.54) is 24.3 Å². The summed E-state index contributed by atoms with van der Waals surface area (Å²) in [4.78, 5) is 23.0. The Morgan fingerprint density at radius 3 is 2.73 bits per heavy atom. The summed E-state index contributed by atoms with van der Waals surface area (Å²) in [6, 6.07) is 3.71. The van der Waals surface area contributed by atoms with Crippen LogP contribution in [0, 0.1) is 18.6 Å². The summed E-state index contributed by atoms with van der Waals surface area (Å²) in [5.41, 5.74) is 5.71. The molecule has 3 atom stereocenters. The highest BCUT2D eigenvalue weighted by atomic mass is 32.1. The van der Waals surface area contributed by atoms with Gasteiger partial charge in [0.1, 0.15) is 23.9 Å². The molecule has 2 aromatic heterocycles. The lowest BCUT2D eigenvalue weighted by Gasteiger charge is -2.30. The fraction of sp³-hybridized carbons (Fsp3) is 0.391. The van der Waals surface area contributed by atoms with Crippen LogP contribution in [0.25, 0.3) is 0 Å². The lowest BCUT2D eigenvalue weighted by atomic mass is 9.92. The molecule has 1 fully saturated rings. The van der Waals surface area contributed by atoms with Crippen molar-refractivity contribution in [2.24, 2.45) is 5.16 Å². The molecule has 0 bridgehead atoms. The molecule has 1 saturated heterocycles. The Hall–Kier alpha value is -3.23. The molecule has 14 heteroatoms. The van der Waals surface area contributed by atoms with E-state index < -0.39 is 35.7 Å². The SMILES string of the molecule is Cc1cc(C(F)(F)F)nn1CC(=O)C1NNCCC1c1nc(C2=NOC(c3c(F)cccc3F)C2)cs1. The van der Waals surface area contributed by atoms with Crippen molar-refractivity contribution in [2.45, 2.75) is 50.6 Å². The van der Waals surface area contributed by atoms with Gasteiger partial charge >= 0.3 is 6.18 Å². The van der Waals surface area contributed by atoms with E-state index in [-0.39, 0.29) is 35.9 Å². The topological polar surface area (TPSA) is 93.4 Å². The molecule has 0 aliphatic carbocycles. The van der Waals surface area contributed by atoms with Crippen LogP contribution in [0.5, 0.6) is 0 Å². The van der Waals surface area contributed by atoms with Crippen LogP contribution in [0.15, 0.2) is 34.8 Å². The fourth-order valence-electron chi connectivity index (χ4n) is 4.39. The van der Waals surface area contributed by atoms with Crippen molar-refractivity contribution in [1.29, 1.82) is 0 Å². The minimum atomic E-state index is -4.60. The molecule has 3 unspecified atom stereocenters. The van der Waals surface area contributed by atoms with E-state index in [9.17, 15) is 26.7 Å². The molecule has 0 amide bonds. The molecule has 0 radical (unpaired) electrons. The van der Waals surface area contributed by atoms with Crippen molar-refractivity contribution in [3.05, 3.63) is 68.9 Å². The lowest BCUT2D eigenvalue weighted by molar-refractivity contribution is -0.141. The Bertz CT molecular complexity index is 1330. The number of carbonyl (C=O) groups excluding carboxylic acids is 1. The van der Waals surface area contributed by atoms with Crippen molar-refractivity contribution < 1.29 is 31.6 Å². The van der Waals surface area contributed by atoms with Gasteiger partial charge in [-0.15, -0.1) is 11.3 Å². The third-order valence-corrected chi connectivity index (χ3v) is 7.27. The second-order valence-corrected chi connectivity index (χ2v) is 9.67. The van der Waals surface area contributed by atoms with E-state index in [0.29, 0.717) is 29.4 Å². The first-order valence-electron chi connectivity index (χ1n) is 11.4. The minimum absolute atomic E-state index is 0.119. The number of hydrazine groups is 1. The summed E-state index contributed by atoms with van der Waals surface area (Å²) in [6.07, 6.45) is -4.86. The smallest absolute Gasteiger partial charge is 0.387 e. The van der Waals surface area contributed by atoms with Gasteiger partial charge in [0.2, 0.25) is 0 Å². The number of hydrogen-bond acceptors (Lipinski definition) is 8. The van der Waals surface area contributed by atoms with E-state index in [0.717, 1.165) is 22.9 Å². The van der Waals surface area contributed by atoms with Gasteiger partial charge in [-0.3, -0.25) is 14.9 Å². The average molecular weight is 541 g/mol. The number of ketones is 1. The Morgan fingerprint density at radius 2 is 2.03 bits per heavy atom. The van der Waals surface area contributed by atoms with Gasteiger partial charge in [-0.2, -0.15) is 18.3 Å². The number of rotatable bonds is 6. The quantitative estimate of drug-likeness (QED) is 0.459. The Morgan fingerprint density at radius 1 is 1.27 bits per heavy atom. The molecular weight excluding hydrogens is 519 g/mol. The maximum Gasteiger partial charge on any atom is 0.435 e.